The molecule has 3 rings (SSSR count). The zero-order valence-corrected chi connectivity index (χ0v) is 15.8. The molecule has 2 fully saturated rings. The van der Waals surface area contributed by atoms with Crippen molar-refractivity contribution in [2.45, 2.75) is 58.1 Å². The van der Waals surface area contributed by atoms with E-state index in [4.69, 9.17) is 9.47 Å². The average Bonchev–Trinajstić information content (AvgIpc) is 3.24. The molecule has 6 heteroatoms. The van der Waals surface area contributed by atoms with Crippen LogP contribution in [0.15, 0.2) is 18.2 Å². The number of hydrogen-bond acceptors (Lipinski definition) is 4. The van der Waals surface area contributed by atoms with Gasteiger partial charge in [0.2, 0.25) is 11.8 Å². The zero-order chi connectivity index (χ0) is 18.7. The molecule has 0 spiro atoms. The predicted molar refractivity (Wildman–Crippen MR) is 99.5 cm³/mol. The molecule has 0 bridgehead atoms. The van der Waals surface area contributed by atoms with E-state index in [9.17, 15) is 9.59 Å². The van der Waals surface area contributed by atoms with Crippen LogP contribution >= 0.6 is 0 Å². The Labute approximate surface area is 154 Å². The summed E-state index contributed by atoms with van der Waals surface area (Å²) in [5.41, 5.74) is 0.666. The molecule has 1 saturated heterocycles. The van der Waals surface area contributed by atoms with E-state index in [1.165, 1.54) is 12.8 Å². The number of nitrogens with zero attached hydrogens (tertiary/aromatic N) is 1. The SMILES string of the molecule is COc1ccc(NC(=O)C2CC(=O)N(C(C)C)C2)cc1OC1CCCC1. The van der Waals surface area contributed by atoms with E-state index < -0.39 is 0 Å². The number of ether oxygens (including phenoxy) is 2. The first-order chi connectivity index (χ1) is 12.5. The Balaban J connectivity index is 1.67. The van der Waals surface area contributed by atoms with Gasteiger partial charge in [-0.3, -0.25) is 9.59 Å². The Morgan fingerprint density at radius 2 is 1.96 bits per heavy atom. The fraction of sp³-hybridized carbons (Fsp3) is 0.600. The van der Waals surface area contributed by atoms with Gasteiger partial charge in [-0.05, 0) is 51.7 Å². The lowest BCUT2D eigenvalue weighted by molar-refractivity contribution is -0.129. The second kappa shape index (κ2) is 7.98. The van der Waals surface area contributed by atoms with E-state index >= 15 is 0 Å². The van der Waals surface area contributed by atoms with E-state index in [1.54, 1.807) is 24.1 Å². The maximum Gasteiger partial charge on any atom is 0.229 e. The number of benzene rings is 1. The lowest BCUT2D eigenvalue weighted by Gasteiger charge is -2.21. The molecule has 1 atom stereocenters. The van der Waals surface area contributed by atoms with Gasteiger partial charge in [-0.25, -0.2) is 0 Å². The van der Waals surface area contributed by atoms with Gasteiger partial charge in [-0.1, -0.05) is 0 Å². The van der Waals surface area contributed by atoms with Crippen LogP contribution in [0.2, 0.25) is 0 Å². The van der Waals surface area contributed by atoms with Crippen molar-refractivity contribution in [2.24, 2.45) is 5.92 Å². The van der Waals surface area contributed by atoms with Gasteiger partial charge in [0.15, 0.2) is 11.5 Å². The standard InChI is InChI=1S/C20H28N2O4/c1-13(2)22-12-14(10-19(22)23)20(24)21-15-8-9-17(25-3)18(11-15)26-16-6-4-5-7-16/h8-9,11,13-14,16H,4-7,10,12H2,1-3H3,(H,21,24). The largest absolute Gasteiger partial charge is 0.493 e. The summed E-state index contributed by atoms with van der Waals surface area (Å²) in [4.78, 5) is 26.4. The average molecular weight is 360 g/mol. The molecule has 6 nitrogen and oxygen atoms in total. The summed E-state index contributed by atoms with van der Waals surface area (Å²) in [6, 6.07) is 5.54. The molecule has 1 N–H and O–H groups in total. The van der Waals surface area contributed by atoms with Crippen molar-refractivity contribution < 1.29 is 19.1 Å². The van der Waals surface area contributed by atoms with Gasteiger partial charge in [0.05, 0.1) is 19.1 Å². The van der Waals surface area contributed by atoms with Crippen LogP contribution in [-0.4, -0.2) is 42.5 Å². The molecule has 1 aliphatic carbocycles. The number of carbonyl (C=O) groups excluding carboxylic acids is 2. The van der Waals surface area contributed by atoms with Crippen molar-refractivity contribution in [3.05, 3.63) is 18.2 Å². The lowest BCUT2D eigenvalue weighted by Crippen LogP contribution is -2.33. The normalized spacial score (nSPS) is 20.7. The van der Waals surface area contributed by atoms with Crippen molar-refractivity contribution in [3.63, 3.8) is 0 Å². The Hall–Kier alpha value is -2.24. The van der Waals surface area contributed by atoms with Crippen LogP contribution in [0.3, 0.4) is 0 Å². The summed E-state index contributed by atoms with van der Waals surface area (Å²) >= 11 is 0. The van der Waals surface area contributed by atoms with Crippen LogP contribution in [0, 0.1) is 5.92 Å². The molecule has 1 unspecified atom stereocenters. The molecule has 0 aromatic heterocycles. The van der Waals surface area contributed by atoms with Gasteiger partial charge in [-0.2, -0.15) is 0 Å². The number of hydrogen-bond donors (Lipinski definition) is 1. The summed E-state index contributed by atoms with van der Waals surface area (Å²) in [7, 11) is 1.61. The number of anilines is 1. The molecule has 142 valence electrons. The van der Waals surface area contributed by atoms with E-state index in [0.717, 1.165) is 12.8 Å². The lowest BCUT2D eigenvalue weighted by atomic mass is 10.1. The summed E-state index contributed by atoms with van der Waals surface area (Å²) in [5.74, 6) is 0.922. The van der Waals surface area contributed by atoms with Gasteiger partial charge in [0.1, 0.15) is 0 Å². The van der Waals surface area contributed by atoms with E-state index in [1.807, 2.05) is 19.9 Å². The second-order valence-corrected chi connectivity index (χ2v) is 7.42. The van der Waals surface area contributed by atoms with E-state index in [-0.39, 0.29) is 36.3 Å². The summed E-state index contributed by atoms with van der Waals surface area (Å²) in [5, 5.41) is 2.93. The van der Waals surface area contributed by atoms with Crippen LogP contribution < -0.4 is 14.8 Å². The monoisotopic (exact) mass is 360 g/mol. The second-order valence-electron chi connectivity index (χ2n) is 7.42. The first-order valence-corrected chi connectivity index (χ1v) is 9.43. The van der Waals surface area contributed by atoms with Gasteiger partial charge in [-0.15, -0.1) is 0 Å². The number of amides is 2. The molecule has 0 radical (unpaired) electrons. The Morgan fingerprint density at radius 3 is 2.58 bits per heavy atom. The number of nitrogens with one attached hydrogen (secondary N) is 1. The fourth-order valence-electron chi connectivity index (χ4n) is 3.68. The zero-order valence-electron chi connectivity index (χ0n) is 15.8. The number of likely N-dealkylation sites (tertiary alicyclic amines) is 1. The molecular weight excluding hydrogens is 332 g/mol. The van der Waals surface area contributed by atoms with Gasteiger partial charge in [0.25, 0.3) is 0 Å². The maximum absolute atomic E-state index is 12.6. The molecule has 1 aromatic rings. The number of carbonyl (C=O) groups is 2. The molecule has 1 aliphatic heterocycles. The van der Waals surface area contributed by atoms with Crippen molar-refractivity contribution in [1.82, 2.24) is 4.90 Å². The van der Waals surface area contributed by atoms with Crippen LogP contribution in [0.25, 0.3) is 0 Å². The van der Waals surface area contributed by atoms with Crippen molar-refractivity contribution in [3.8, 4) is 11.5 Å². The quantitative estimate of drug-likeness (QED) is 0.846. The van der Waals surface area contributed by atoms with Crippen LogP contribution in [0.4, 0.5) is 5.69 Å². The number of methoxy groups -OCH3 is 1. The van der Waals surface area contributed by atoms with Gasteiger partial charge < -0.3 is 19.7 Å². The van der Waals surface area contributed by atoms with Crippen LogP contribution in [0.5, 0.6) is 11.5 Å². The molecule has 26 heavy (non-hydrogen) atoms. The highest BCUT2D eigenvalue weighted by Crippen LogP contribution is 2.34. The highest BCUT2D eigenvalue weighted by atomic mass is 16.5. The van der Waals surface area contributed by atoms with E-state index in [0.29, 0.717) is 23.7 Å². The summed E-state index contributed by atoms with van der Waals surface area (Å²) in [6.07, 6.45) is 4.95. The summed E-state index contributed by atoms with van der Waals surface area (Å²) in [6.45, 7) is 4.41. The van der Waals surface area contributed by atoms with Gasteiger partial charge >= 0.3 is 0 Å². The van der Waals surface area contributed by atoms with Gasteiger partial charge in [0, 0.05) is 30.8 Å². The Kier molecular flexibility index (Phi) is 5.69. The minimum atomic E-state index is -0.314. The van der Waals surface area contributed by atoms with Crippen molar-refractivity contribution >= 4 is 17.5 Å². The Bertz CT molecular complexity index is 668. The molecule has 2 amide bonds. The third-order valence-corrected chi connectivity index (χ3v) is 5.18. The minimum Gasteiger partial charge on any atom is -0.493 e. The Morgan fingerprint density at radius 1 is 1.23 bits per heavy atom. The smallest absolute Gasteiger partial charge is 0.229 e. The third kappa shape index (κ3) is 4.11. The van der Waals surface area contributed by atoms with E-state index in [2.05, 4.69) is 5.32 Å². The third-order valence-electron chi connectivity index (χ3n) is 5.18. The molecule has 1 saturated carbocycles. The van der Waals surface area contributed by atoms with Crippen molar-refractivity contribution in [2.75, 3.05) is 19.0 Å². The molecular formula is C20H28N2O4. The van der Waals surface area contributed by atoms with Crippen LogP contribution in [0.1, 0.15) is 46.0 Å². The summed E-state index contributed by atoms with van der Waals surface area (Å²) < 4.78 is 11.5. The molecule has 1 aromatic carbocycles. The highest BCUT2D eigenvalue weighted by Gasteiger charge is 2.35. The first-order valence-electron chi connectivity index (χ1n) is 9.43. The number of rotatable bonds is 6. The highest BCUT2D eigenvalue weighted by molar-refractivity contribution is 5.97. The predicted octanol–water partition coefficient (Wildman–Crippen LogP) is 3.21. The van der Waals surface area contributed by atoms with Crippen LogP contribution in [-0.2, 0) is 9.59 Å². The topological polar surface area (TPSA) is 67.9 Å². The molecule has 1 heterocycles. The minimum absolute atomic E-state index is 0.0418. The maximum atomic E-state index is 12.6. The molecule has 2 aliphatic rings. The van der Waals surface area contributed by atoms with Crippen molar-refractivity contribution in [1.29, 1.82) is 0 Å². The first kappa shape index (κ1) is 18.5. The fourth-order valence-corrected chi connectivity index (χ4v) is 3.68.